The molecular weight excluding hydrogens is 324 g/mol. The fraction of sp³-hybridized carbons (Fsp3) is 0.333. The molecule has 0 bridgehead atoms. The van der Waals surface area contributed by atoms with Gasteiger partial charge in [0.2, 0.25) is 0 Å². The Morgan fingerprint density at radius 1 is 1.10 bits per heavy atom. The highest BCUT2D eigenvalue weighted by molar-refractivity contribution is 9.10. The molecule has 2 nitrogen and oxygen atoms in total. The van der Waals surface area contributed by atoms with Gasteiger partial charge in [-0.25, -0.2) is 0 Å². The van der Waals surface area contributed by atoms with Crippen LogP contribution in [-0.4, -0.2) is 13.6 Å². The second-order valence-electron chi connectivity index (χ2n) is 5.55. The van der Waals surface area contributed by atoms with Crippen molar-refractivity contribution < 1.29 is 0 Å². The standard InChI is InChI=1S/C18H21BrN2/c1-20-13-14-9-10-18(16(19)12-14)21-11-5-4-7-15-6-2-3-8-17(15)21/h2-3,6,8-10,12,20H,4-5,7,11,13H2,1H3. The van der Waals surface area contributed by atoms with Crippen molar-refractivity contribution in [2.75, 3.05) is 18.5 Å². The molecule has 1 heterocycles. The zero-order chi connectivity index (χ0) is 14.7. The Morgan fingerprint density at radius 2 is 1.95 bits per heavy atom. The number of hydrogen-bond donors (Lipinski definition) is 1. The summed E-state index contributed by atoms with van der Waals surface area (Å²) in [5, 5.41) is 3.20. The van der Waals surface area contributed by atoms with Gasteiger partial charge in [-0.3, -0.25) is 0 Å². The number of nitrogens with zero attached hydrogens (tertiary/aromatic N) is 1. The lowest BCUT2D eigenvalue weighted by Crippen LogP contribution is -2.18. The van der Waals surface area contributed by atoms with Crippen molar-refractivity contribution in [1.82, 2.24) is 5.32 Å². The van der Waals surface area contributed by atoms with Gasteiger partial charge in [-0.15, -0.1) is 0 Å². The summed E-state index contributed by atoms with van der Waals surface area (Å²) in [5.41, 5.74) is 5.39. The van der Waals surface area contributed by atoms with Crippen LogP contribution < -0.4 is 10.2 Å². The maximum Gasteiger partial charge on any atom is 0.0555 e. The molecule has 0 spiro atoms. The summed E-state index contributed by atoms with van der Waals surface area (Å²) >= 11 is 3.76. The number of para-hydroxylation sites is 1. The first-order valence-electron chi connectivity index (χ1n) is 7.58. The third kappa shape index (κ3) is 3.14. The van der Waals surface area contributed by atoms with Gasteiger partial charge in [0.15, 0.2) is 0 Å². The van der Waals surface area contributed by atoms with Crippen LogP contribution in [0.1, 0.15) is 24.0 Å². The number of halogens is 1. The van der Waals surface area contributed by atoms with Gasteiger partial charge in [-0.1, -0.05) is 24.3 Å². The Kier molecular flexibility index (Phi) is 4.61. The highest BCUT2D eigenvalue weighted by Crippen LogP contribution is 2.36. The van der Waals surface area contributed by atoms with E-state index in [-0.39, 0.29) is 0 Å². The molecule has 3 heteroatoms. The summed E-state index contributed by atoms with van der Waals surface area (Å²) in [6.45, 7) is 1.98. The van der Waals surface area contributed by atoms with Gasteiger partial charge in [0, 0.05) is 23.2 Å². The number of anilines is 2. The van der Waals surface area contributed by atoms with Crippen LogP contribution in [0.25, 0.3) is 0 Å². The van der Waals surface area contributed by atoms with E-state index in [4.69, 9.17) is 0 Å². The molecule has 2 aromatic rings. The van der Waals surface area contributed by atoms with E-state index in [0.29, 0.717) is 0 Å². The van der Waals surface area contributed by atoms with Gasteiger partial charge in [0.1, 0.15) is 0 Å². The molecule has 110 valence electrons. The van der Waals surface area contributed by atoms with E-state index in [1.807, 2.05) is 7.05 Å². The molecule has 2 aromatic carbocycles. The molecule has 3 rings (SSSR count). The van der Waals surface area contributed by atoms with E-state index in [1.165, 1.54) is 46.2 Å². The van der Waals surface area contributed by atoms with Crippen LogP contribution in [0.15, 0.2) is 46.9 Å². The molecule has 1 N–H and O–H groups in total. The fourth-order valence-electron chi connectivity index (χ4n) is 3.02. The van der Waals surface area contributed by atoms with Gasteiger partial charge in [-0.2, -0.15) is 0 Å². The van der Waals surface area contributed by atoms with E-state index in [1.54, 1.807) is 0 Å². The zero-order valence-electron chi connectivity index (χ0n) is 12.4. The number of aryl methyl sites for hydroxylation is 1. The van der Waals surface area contributed by atoms with Crippen molar-refractivity contribution in [2.24, 2.45) is 0 Å². The quantitative estimate of drug-likeness (QED) is 0.872. The van der Waals surface area contributed by atoms with Crippen molar-refractivity contribution in [2.45, 2.75) is 25.8 Å². The van der Waals surface area contributed by atoms with Gasteiger partial charge in [0.25, 0.3) is 0 Å². The highest BCUT2D eigenvalue weighted by Gasteiger charge is 2.18. The first-order chi connectivity index (χ1) is 10.3. The highest BCUT2D eigenvalue weighted by atomic mass is 79.9. The molecule has 1 aliphatic heterocycles. The maximum atomic E-state index is 3.76. The number of hydrogen-bond acceptors (Lipinski definition) is 2. The van der Waals surface area contributed by atoms with Gasteiger partial charge in [0.05, 0.1) is 5.69 Å². The van der Waals surface area contributed by atoms with Crippen molar-refractivity contribution in [1.29, 1.82) is 0 Å². The molecule has 21 heavy (non-hydrogen) atoms. The summed E-state index contributed by atoms with van der Waals surface area (Å²) in [6, 6.07) is 15.5. The maximum absolute atomic E-state index is 3.76. The Morgan fingerprint density at radius 3 is 2.76 bits per heavy atom. The van der Waals surface area contributed by atoms with Crippen LogP contribution >= 0.6 is 15.9 Å². The first kappa shape index (κ1) is 14.6. The van der Waals surface area contributed by atoms with Crippen LogP contribution in [0.4, 0.5) is 11.4 Å². The van der Waals surface area contributed by atoms with E-state index >= 15 is 0 Å². The van der Waals surface area contributed by atoms with Crippen molar-refractivity contribution in [3.63, 3.8) is 0 Å². The zero-order valence-corrected chi connectivity index (χ0v) is 14.0. The Hall–Kier alpha value is -1.32. The molecule has 1 aliphatic rings. The predicted octanol–water partition coefficient (Wildman–Crippen LogP) is 4.64. The number of rotatable bonds is 3. The van der Waals surface area contributed by atoms with Crippen molar-refractivity contribution >= 4 is 27.3 Å². The van der Waals surface area contributed by atoms with E-state index in [2.05, 4.69) is 68.6 Å². The van der Waals surface area contributed by atoms with Crippen molar-refractivity contribution in [3.8, 4) is 0 Å². The monoisotopic (exact) mass is 344 g/mol. The second kappa shape index (κ2) is 6.63. The second-order valence-corrected chi connectivity index (χ2v) is 6.41. The fourth-order valence-corrected chi connectivity index (χ4v) is 3.67. The molecule has 0 fully saturated rings. The van der Waals surface area contributed by atoms with Crippen molar-refractivity contribution in [3.05, 3.63) is 58.1 Å². The Balaban J connectivity index is 2.00. The summed E-state index contributed by atoms with van der Waals surface area (Å²) in [4.78, 5) is 2.45. The average Bonchev–Trinajstić information content (AvgIpc) is 2.70. The van der Waals surface area contributed by atoms with Gasteiger partial charge in [-0.05, 0) is 71.6 Å². The van der Waals surface area contributed by atoms with Crippen LogP contribution in [0.5, 0.6) is 0 Å². The number of fused-ring (bicyclic) bond motifs is 1. The molecular formula is C18H21BrN2. The normalized spacial score (nSPS) is 14.7. The Bertz CT molecular complexity index is 624. The molecule has 0 amide bonds. The molecule has 0 saturated heterocycles. The van der Waals surface area contributed by atoms with Crippen LogP contribution in [0, 0.1) is 0 Å². The average molecular weight is 345 g/mol. The third-order valence-electron chi connectivity index (χ3n) is 4.04. The molecule has 0 saturated carbocycles. The van der Waals surface area contributed by atoms with E-state index < -0.39 is 0 Å². The van der Waals surface area contributed by atoms with Crippen LogP contribution in [0.2, 0.25) is 0 Å². The minimum Gasteiger partial charge on any atom is -0.340 e. The lowest BCUT2D eigenvalue weighted by atomic mass is 10.1. The summed E-state index contributed by atoms with van der Waals surface area (Å²) < 4.78 is 1.17. The summed E-state index contributed by atoms with van der Waals surface area (Å²) in [5.74, 6) is 0. The summed E-state index contributed by atoms with van der Waals surface area (Å²) in [7, 11) is 1.98. The van der Waals surface area contributed by atoms with Gasteiger partial charge < -0.3 is 10.2 Å². The predicted molar refractivity (Wildman–Crippen MR) is 93.3 cm³/mol. The first-order valence-corrected chi connectivity index (χ1v) is 8.37. The SMILES string of the molecule is CNCc1ccc(N2CCCCc3ccccc32)c(Br)c1. The minimum atomic E-state index is 0.898. The topological polar surface area (TPSA) is 15.3 Å². The minimum absolute atomic E-state index is 0.898. The molecule has 0 unspecified atom stereocenters. The lowest BCUT2D eigenvalue weighted by molar-refractivity contribution is 0.760. The third-order valence-corrected chi connectivity index (χ3v) is 4.68. The molecule has 0 aliphatic carbocycles. The summed E-state index contributed by atoms with van der Waals surface area (Å²) in [6.07, 6.45) is 3.69. The largest absolute Gasteiger partial charge is 0.340 e. The smallest absolute Gasteiger partial charge is 0.0555 e. The number of nitrogens with one attached hydrogen (secondary N) is 1. The van der Waals surface area contributed by atoms with Crippen LogP contribution in [-0.2, 0) is 13.0 Å². The van der Waals surface area contributed by atoms with E-state index in [0.717, 1.165) is 13.1 Å². The molecule has 0 aromatic heterocycles. The van der Waals surface area contributed by atoms with Crippen LogP contribution in [0.3, 0.4) is 0 Å². The number of benzene rings is 2. The molecule has 0 atom stereocenters. The van der Waals surface area contributed by atoms with Gasteiger partial charge >= 0.3 is 0 Å². The lowest BCUT2D eigenvalue weighted by Gasteiger charge is -2.26. The Labute approximate surface area is 135 Å². The molecule has 0 radical (unpaired) electrons. The van der Waals surface area contributed by atoms with E-state index in [9.17, 15) is 0 Å².